The number of nitrogens with zero attached hydrogens (tertiary/aromatic N) is 3. The van der Waals surface area contributed by atoms with Crippen LogP contribution in [0.25, 0.3) is 0 Å². The lowest BCUT2D eigenvalue weighted by atomic mass is 10.1. The molecule has 17 heavy (non-hydrogen) atoms. The fourth-order valence-corrected chi connectivity index (χ4v) is 2.58. The summed E-state index contributed by atoms with van der Waals surface area (Å²) in [6.45, 7) is 0. The lowest BCUT2D eigenvalue weighted by Gasteiger charge is -2.14. The summed E-state index contributed by atoms with van der Waals surface area (Å²) in [6, 6.07) is 4.92. The van der Waals surface area contributed by atoms with Gasteiger partial charge in [0.1, 0.15) is 0 Å². The summed E-state index contributed by atoms with van der Waals surface area (Å²) >= 11 is 15.4. The molecule has 0 bridgehead atoms. The number of hydrogen-bond donors (Lipinski definition) is 1. The molecule has 0 amide bonds. The second kappa shape index (κ2) is 4.94. The first-order valence-electron chi connectivity index (χ1n) is 4.77. The van der Waals surface area contributed by atoms with E-state index in [9.17, 15) is 0 Å². The van der Waals surface area contributed by atoms with Crippen molar-refractivity contribution in [3.05, 3.63) is 44.1 Å². The molecule has 0 fully saturated rings. The Bertz CT molecular complexity index is 536. The largest absolute Gasteiger partial charge is 0.319 e. The van der Waals surface area contributed by atoms with Crippen molar-refractivity contribution in [3.8, 4) is 0 Å². The van der Waals surface area contributed by atoms with Crippen molar-refractivity contribution in [1.82, 2.24) is 15.0 Å². The molecule has 0 aliphatic heterocycles. The third kappa shape index (κ3) is 2.33. The number of rotatable bonds is 2. The quantitative estimate of drug-likeness (QED) is 0.918. The Morgan fingerprint density at radius 3 is 2.71 bits per heavy atom. The summed E-state index contributed by atoms with van der Waals surface area (Å²) in [5, 5.41) is 8.70. The van der Waals surface area contributed by atoms with Crippen molar-refractivity contribution in [1.29, 1.82) is 0 Å². The Balaban J connectivity index is 2.51. The van der Waals surface area contributed by atoms with Gasteiger partial charge < -0.3 is 5.73 Å². The maximum atomic E-state index is 6.16. The van der Waals surface area contributed by atoms with Gasteiger partial charge in [0.15, 0.2) is 4.60 Å². The van der Waals surface area contributed by atoms with Crippen molar-refractivity contribution in [3.63, 3.8) is 0 Å². The molecule has 1 unspecified atom stereocenters. The van der Waals surface area contributed by atoms with Crippen LogP contribution >= 0.6 is 39.1 Å². The Labute approximate surface area is 117 Å². The summed E-state index contributed by atoms with van der Waals surface area (Å²) in [6.07, 6.45) is 0. The molecule has 7 heteroatoms. The first kappa shape index (κ1) is 12.8. The average Bonchev–Trinajstić information content (AvgIpc) is 2.62. The van der Waals surface area contributed by atoms with E-state index in [2.05, 4.69) is 26.2 Å². The minimum Gasteiger partial charge on any atom is -0.319 e. The molecule has 4 nitrogen and oxygen atoms in total. The van der Waals surface area contributed by atoms with Gasteiger partial charge in [-0.05, 0) is 27.6 Å². The van der Waals surface area contributed by atoms with Crippen molar-refractivity contribution in [2.45, 2.75) is 6.04 Å². The summed E-state index contributed by atoms with van der Waals surface area (Å²) in [4.78, 5) is 0. The summed E-state index contributed by atoms with van der Waals surface area (Å²) < 4.78 is 2.20. The number of aromatic nitrogens is 3. The van der Waals surface area contributed by atoms with Crippen LogP contribution in [-0.4, -0.2) is 15.0 Å². The van der Waals surface area contributed by atoms with Gasteiger partial charge in [-0.1, -0.05) is 40.5 Å². The molecule has 2 N–H and O–H groups in total. The molecule has 0 spiro atoms. The molecule has 2 rings (SSSR count). The van der Waals surface area contributed by atoms with Crippen molar-refractivity contribution in [2.24, 2.45) is 12.8 Å². The molecule has 0 aliphatic carbocycles. The zero-order valence-electron chi connectivity index (χ0n) is 8.86. The van der Waals surface area contributed by atoms with Gasteiger partial charge in [-0.2, -0.15) is 0 Å². The van der Waals surface area contributed by atoms with E-state index < -0.39 is 6.04 Å². The molecule has 2 aromatic rings. The zero-order valence-corrected chi connectivity index (χ0v) is 12.0. The first-order valence-corrected chi connectivity index (χ1v) is 6.32. The van der Waals surface area contributed by atoms with Crippen LogP contribution < -0.4 is 5.73 Å². The van der Waals surface area contributed by atoms with Crippen LogP contribution in [0.2, 0.25) is 10.0 Å². The molecular formula is C10H9BrCl2N4. The Morgan fingerprint density at radius 1 is 1.41 bits per heavy atom. The fourth-order valence-electron chi connectivity index (χ4n) is 1.58. The molecule has 90 valence electrons. The molecule has 1 heterocycles. The predicted molar refractivity (Wildman–Crippen MR) is 71.2 cm³/mol. The summed E-state index contributed by atoms with van der Waals surface area (Å²) in [7, 11) is 1.77. The number of halogens is 3. The van der Waals surface area contributed by atoms with Gasteiger partial charge in [-0.15, -0.1) is 5.10 Å². The Morgan fingerprint density at radius 2 is 2.12 bits per heavy atom. The molecule has 0 saturated heterocycles. The second-order valence-electron chi connectivity index (χ2n) is 3.51. The van der Waals surface area contributed by atoms with Gasteiger partial charge >= 0.3 is 0 Å². The van der Waals surface area contributed by atoms with Gasteiger partial charge in [0.25, 0.3) is 0 Å². The first-order chi connectivity index (χ1) is 8.02. The van der Waals surface area contributed by atoms with Crippen LogP contribution in [-0.2, 0) is 7.05 Å². The minimum atomic E-state index is -0.435. The van der Waals surface area contributed by atoms with E-state index in [1.165, 1.54) is 0 Å². The van der Waals surface area contributed by atoms with E-state index in [-0.39, 0.29) is 0 Å². The average molecular weight is 336 g/mol. The lowest BCUT2D eigenvalue weighted by molar-refractivity contribution is 0.651. The highest BCUT2D eigenvalue weighted by atomic mass is 79.9. The molecule has 1 atom stereocenters. The minimum absolute atomic E-state index is 0.435. The monoisotopic (exact) mass is 334 g/mol. The van der Waals surface area contributed by atoms with E-state index in [4.69, 9.17) is 28.9 Å². The van der Waals surface area contributed by atoms with Gasteiger partial charge in [-0.25, -0.2) is 4.68 Å². The van der Waals surface area contributed by atoms with E-state index in [0.717, 1.165) is 11.3 Å². The SMILES string of the molecule is Cn1nnc(Br)c1C(N)c1cccc(Cl)c1Cl. The van der Waals surface area contributed by atoms with Crippen LogP contribution in [0.1, 0.15) is 17.3 Å². The number of hydrogen-bond acceptors (Lipinski definition) is 3. The van der Waals surface area contributed by atoms with Gasteiger partial charge in [0, 0.05) is 7.05 Å². The summed E-state index contributed by atoms with van der Waals surface area (Å²) in [5.74, 6) is 0. The number of nitrogens with two attached hydrogens (primary N) is 1. The number of aryl methyl sites for hydroxylation is 1. The van der Waals surface area contributed by atoms with E-state index in [1.807, 2.05) is 6.07 Å². The van der Waals surface area contributed by atoms with E-state index >= 15 is 0 Å². The van der Waals surface area contributed by atoms with Gasteiger partial charge in [-0.3, -0.25) is 0 Å². The maximum absolute atomic E-state index is 6.16. The van der Waals surface area contributed by atoms with Crippen LogP contribution in [0, 0.1) is 0 Å². The van der Waals surface area contributed by atoms with Crippen LogP contribution in [0.5, 0.6) is 0 Å². The lowest BCUT2D eigenvalue weighted by Crippen LogP contribution is -2.17. The molecule has 1 aromatic heterocycles. The van der Waals surface area contributed by atoms with Crippen LogP contribution in [0.4, 0.5) is 0 Å². The molecule has 0 radical (unpaired) electrons. The number of benzene rings is 1. The van der Waals surface area contributed by atoms with Crippen LogP contribution in [0.15, 0.2) is 22.8 Å². The molecule has 0 saturated carbocycles. The Hall–Kier alpha value is -0.620. The van der Waals surface area contributed by atoms with E-state index in [1.54, 1.807) is 23.9 Å². The smallest absolute Gasteiger partial charge is 0.153 e. The highest BCUT2D eigenvalue weighted by molar-refractivity contribution is 9.10. The molecule has 0 aliphatic rings. The highest BCUT2D eigenvalue weighted by Crippen LogP contribution is 2.33. The second-order valence-corrected chi connectivity index (χ2v) is 5.05. The zero-order chi connectivity index (χ0) is 12.6. The topological polar surface area (TPSA) is 56.7 Å². The maximum Gasteiger partial charge on any atom is 0.153 e. The van der Waals surface area contributed by atoms with E-state index in [0.29, 0.717) is 14.6 Å². The van der Waals surface area contributed by atoms with Crippen molar-refractivity contribution in [2.75, 3.05) is 0 Å². The Kier molecular flexibility index (Phi) is 3.73. The van der Waals surface area contributed by atoms with Gasteiger partial charge in [0.2, 0.25) is 0 Å². The molecular weight excluding hydrogens is 327 g/mol. The van der Waals surface area contributed by atoms with Crippen LogP contribution in [0.3, 0.4) is 0 Å². The third-order valence-corrected chi connectivity index (χ3v) is 3.84. The van der Waals surface area contributed by atoms with Gasteiger partial charge in [0.05, 0.1) is 21.8 Å². The normalized spacial score (nSPS) is 12.8. The molecule has 1 aromatic carbocycles. The standard InChI is InChI=1S/C10H9BrCl2N4/c1-17-9(10(11)15-16-17)8(14)5-3-2-4-6(12)7(5)13/h2-4,8H,14H2,1H3. The predicted octanol–water partition coefficient (Wildman–Crippen LogP) is 2.93. The third-order valence-electron chi connectivity index (χ3n) is 2.44. The summed E-state index contributed by atoms with van der Waals surface area (Å²) in [5.41, 5.74) is 7.64. The highest BCUT2D eigenvalue weighted by Gasteiger charge is 2.21. The van der Waals surface area contributed by atoms with Crippen molar-refractivity contribution < 1.29 is 0 Å². The van der Waals surface area contributed by atoms with Crippen molar-refractivity contribution >= 4 is 39.1 Å². The fraction of sp³-hybridized carbons (Fsp3) is 0.200.